The van der Waals surface area contributed by atoms with Gasteiger partial charge >= 0.3 is 5.97 Å². The summed E-state index contributed by atoms with van der Waals surface area (Å²) in [6.45, 7) is 4.73. The topological polar surface area (TPSA) is 76.6 Å². The van der Waals surface area contributed by atoms with Gasteiger partial charge in [-0.25, -0.2) is 13.4 Å². The molecule has 25 heavy (non-hydrogen) atoms. The molecule has 3 heterocycles. The maximum Gasteiger partial charge on any atom is 0.309 e. The minimum absolute atomic E-state index is 0.205. The van der Waals surface area contributed by atoms with Crippen molar-refractivity contribution in [2.75, 3.05) is 19.7 Å². The van der Waals surface area contributed by atoms with Crippen LogP contribution in [0.2, 0.25) is 0 Å². The molecule has 0 unspecified atom stereocenters. The summed E-state index contributed by atoms with van der Waals surface area (Å²) in [6.07, 6.45) is 1.00. The third-order valence-corrected chi connectivity index (χ3v) is 8.37. The Balaban J connectivity index is 1.71. The van der Waals surface area contributed by atoms with Gasteiger partial charge in [0.05, 0.1) is 28.1 Å². The van der Waals surface area contributed by atoms with E-state index < -0.39 is 10.0 Å². The Hall–Kier alpha value is -1.29. The predicted molar refractivity (Wildman–Crippen MR) is 98.3 cm³/mol. The Morgan fingerprint density at radius 3 is 2.68 bits per heavy atom. The summed E-state index contributed by atoms with van der Waals surface area (Å²) < 4.78 is 32.5. The summed E-state index contributed by atoms with van der Waals surface area (Å²) in [6, 6.07) is 3.44. The molecule has 0 spiro atoms. The summed E-state index contributed by atoms with van der Waals surface area (Å²) in [4.78, 5) is 17.0. The van der Waals surface area contributed by atoms with Crippen LogP contribution >= 0.6 is 22.7 Å². The van der Waals surface area contributed by atoms with Crippen LogP contribution in [0.3, 0.4) is 0 Å². The second-order valence-electron chi connectivity index (χ2n) is 5.80. The van der Waals surface area contributed by atoms with Gasteiger partial charge in [-0.3, -0.25) is 4.79 Å². The molecule has 0 atom stereocenters. The van der Waals surface area contributed by atoms with Crippen LogP contribution < -0.4 is 0 Å². The molecule has 0 N–H and O–H groups in total. The predicted octanol–water partition coefficient (Wildman–Crippen LogP) is 3.14. The molecule has 3 rings (SSSR count). The van der Waals surface area contributed by atoms with Gasteiger partial charge in [-0.2, -0.15) is 4.31 Å². The molecule has 2 aromatic heterocycles. The van der Waals surface area contributed by atoms with Crippen molar-refractivity contribution >= 4 is 38.7 Å². The third-order valence-electron chi connectivity index (χ3n) is 4.12. The van der Waals surface area contributed by atoms with E-state index >= 15 is 0 Å². The number of aryl methyl sites for hydroxylation is 1. The highest BCUT2D eigenvalue weighted by Crippen LogP contribution is 2.34. The molecule has 136 valence electrons. The van der Waals surface area contributed by atoms with Crippen LogP contribution in [0.1, 0.15) is 24.8 Å². The van der Waals surface area contributed by atoms with Gasteiger partial charge in [0.2, 0.25) is 0 Å². The van der Waals surface area contributed by atoms with Crippen molar-refractivity contribution in [1.29, 1.82) is 0 Å². The number of nitrogens with zero attached hydrogens (tertiary/aromatic N) is 2. The number of piperidine rings is 1. The van der Waals surface area contributed by atoms with E-state index in [9.17, 15) is 13.2 Å². The highest BCUT2D eigenvalue weighted by atomic mass is 32.2. The Kier molecular flexibility index (Phi) is 5.57. The summed E-state index contributed by atoms with van der Waals surface area (Å²) in [5.41, 5.74) is 0.815. The van der Waals surface area contributed by atoms with Crippen LogP contribution in [0, 0.1) is 12.8 Å². The molecule has 0 radical (unpaired) electrons. The molecule has 1 saturated heterocycles. The van der Waals surface area contributed by atoms with Gasteiger partial charge in [-0.15, -0.1) is 22.7 Å². The second kappa shape index (κ2) is 7.53. The van der Waals surface area contributed by atoms with Gasteiger partial charge in [0.25, 0.3) is 10.0 Å². The summed E-state index contributed by atoms with van der Waals surface area (Å²) in [5.74, 6) is -0.430. The average Bonchev–Trinajstić information content (AvgIpc) is 3.24. The van der Waals surface area contributed by atoms with Crippen molar-refractivity contribution in [2.24, 2.45) is 5.92 Å². The first-order valence-electron chi connectivity index (χ1n) is 8.11. The number of ether oxygens (including phenoxy) is 1. The lowest BCUT2D eigenvalue weighted by Crippen LogP contribution is -2.40. The Morgan fingerprint density at radius 2 is 2.08 bits per heavy atom. The van der Waals surface area contributed by atoms with Crippen molar-refractivity contribution in [1.82, 2.24) is 9.29 Å². The van der Waals surface area contributed by atoms with E-state index in [0.717, 1.165) is 15.6 Å². The van der Waals surface area contributed by atoms with Gasteiger partial charge in [-0.1, -0.05) is 0 Å². The monoisotopic (exact) mass is 400 g/mol. The van der Waals surface area contributed by atoms with Crippen LogP contribution in [0.15, 0.2) is 21.7 Å². The number of esters is 1. The molecule has 9 heteroatoms. The summed E-state index contributed by atoms with van der Waals surface area (Å²) in [7, 11) is -3.53. The van der Waals surface area contributed by atoms with Crippen molar-refractivity contribution in [3.8, 4) is 10.6 Å². The number of hydrogen-bond donors (Lipinski definition) is 0. The molecule has 1 aliphatic rings. The fraction of sp³-hybridized carbons (Fsp3) is 0.500. The zero-order valence-corrected chi connectivity index (χ0v) is 16.5. The van der Waals surface area contributed by atoms with E-state index in [2.05, 4.69) is 4.98 Å². The smallest absolute Gasteiger partial charge is 0.309 e. The zero-order chi connectivity index (χ0) is 18.0. The molecule has 0 saturated carbocycles. The Labute approximate surface area is 155 Å². The minimum Gasteiger partial charge on any atom is -0.466 e. The number of carbonyl (C=O) groups excluding carboxylic acids is 1. The maximum atomic E-state index is 12.8. The normalized spacial score (nSPS) is 16.9. The summed E-state index contributed by atoms with van der Waals surface area (Å²) >= 11 is 2.78. The number of rotatable bonds is 5. The van der Waals surface area contributed by atoms with Crippen molar-refractivity contribution in [2.45, 2.75) is 30.9 Å². The number of hydrogen-bond acceptors (Lipinski definition) is 7. The lowest BCUT2D eigenvalue weighted by molar-refractivity contribution is -0.149. The van der Waals surface area contributed by atoms with Gasteiger partial charge in [0.1, 0.15) is 4.21 Å². The van der Waals surface area contributed by atoms with E-state index in [1.165, 1.54) is 15.6 Å². The number of aromatic nitrogens is 1. The van der Waals surface area contributed by atoms with Crippen LogP contribution in [0.25, 0.3) is 10.6 Å². The van der Waals surface area contributed by atoms with Crippen LogP contribution in [-0.2, 0) is 19.6 Å². The van der Waals surface area contributed by atoms with Crippen molar-refractivity contribution < 1.29 is 17.9 Å². The third kappa shape index (κ3) is 3.94. The molecule has 6 nitrogen and oxygen atoms in total. The fourth-order valence-corrected chi connectivity index (χ4v) is 6.37. The maximum absolute atomic E-state index is 12.8. The molecule has 2 aromatic rings. The van der Waals surface area contributed by atoms with Crippen molar-refractivity contribution in [3.05, 3.63) is 22.5 Å². The molecular weight excluding hydrogens is 380 g/mol. The average molecular weight is 401 g/mol. The molecular formula is C16H20N2O4S3. The molecule has 1 aliphatic heterocycles. The number of carbonyl (C=O) groups is 1. The molecule has 0 amide bonds. The molecule has 0 aromatic carbocycles. The van der Waals surface area contributed by atoms with E-state index in [1.54, 1.807) is 30.4 Å². The standard InChI is InChI=1S/C16H20N2O4S3/c1-3-22-16(19)12-6-8-18(9-7-12)25(20,21)15-5-4-14(24-15)13-10-23-11(2)17-13/h4-5,10,12H,3,6-9H2,1-2H3. The summed E-state index contributed by atoms with van der Waals surface area (Å²) in [5, 5.41) is 2.89. The van der Waals surface area contributed by atoms with Gasteiger partial charge in [0, 0.05) is 18.5 Å². The lowest BCUT2D eigenvalue weighted by Gasteiger charge is -2.29. The van der Waals surface area contributed by atoms with Crippen LogP contribution in [0.4, 0.5) is 0 Å². The molecule has 1 fully saturated rings. The zero-order valence-electron chi connectivity index (χ0n) is 14.1. The first kappa shape index (κ1) is 18.5. The first-order valence-corrected chi connectivity index (χ1v) is 11.2. The Morgan fingerprint density at radius 1 is 1.36 bits per heavy atom. The lowest BCUT2D eigenvalue weighted by atomic mass is 9.98. The second-order valence-corrected chi connectivity index (χ2v) is 10.1. The number of thiazole rings is 1. The number of thiophene rings is 1. The van der Waals surface area contributed by atoms with Crippen LogP contribution in [0.5, 0.6) is 0 Å². The van der Waals surface area contributed by atoms with E-state index in [-0.39, 0.29) is 11.9 Å². The highest BCUT2D eigenvalue weighted by Gasteiger charge is 2.33. The van der Waals surface area contributed by atoms with Crippen LogP contribution in [-0.4, -0.2) is 43.4 Å². The van der Waals surface area contributed by atoms with E-state index in [1.807, 2.05) is 12.3 Å². The number of sulfonamides is 1. The molecule has 0 bridgehead atoms. The highest BCUT2D eigenvalue weighted by molar-refractivity contribution is 7.91. The van der Waals surface area contributed by atoms with Gasteiger partial charge in [-0.05, 0) is 38.8 Å². The fourth-order valence-electron chi connectivity index (χ4n) is 2.79. The first-order chi connectivity index (χ1) is 11.9. The van der Waals surface area contributed by atoms with Gasteiger partial charge in [0.15, 0.2) is 0 Å². The van der Waals surface area contributed by atoms with E-state index in [0.29, 0.717) is 36.7 Å². The van der Waals surface area contributed by atoms with E-state index in [4.69, 9.17) is 4.74 Å². The van der Waals surface area contributed by atoms with Crippen molar-refractivity contribution in [3.63, 3.8) is 0 Å². The molecule has 0 aliphatic carbocycles. The largest absolute Gasteiger partial charge is 0.466 e. The van der Waals surface area contributed by atoms with Gasteiger partial charge < -0.3 is 4.74 Å². The minimum atomic E-state index is -3.53. The quantitative estimate of drug-likeness (QED) is 0.721. The SMILES string of the molecule is CCOC(=O)C1CCN(S(=O)(=O)c2ccc(-c3csc(C)n3)s2)CC1. The Bertz CT molecular complexity index is 848.